The number of nitrogens with zero attached hydrogens (tertiary/aromatic N) is 3. The van der Waals surface area contributed by atoms with Crippen LogP contribution in [0.15, 0.2) is 36.7 Å². The molecule has 0 radical (unpaired) electrons. The predicted molar refractivity (Wildman–Crippen MR) is 104 cm³/mol. The molecule has 0 aliphatic heterocycles. The molecule has 0 fully saturated rings. The number of pyridine rings is 1. The van der Waals surface area contributed by atoms with Crippen molar-refractivity contribution in [2.45, 2.75) is 26.3 Å². The van der Waals surface area contributed by atoms with Crippen LogP contribution in [-0.4, -0.2) is 40.8 Å². The molecule has 2 aromatic heterocycles. The highest BCUT2D eigenvalue weighted by molar-refractivity contribution is 6.31. The first kappa shape index (κ1) is 21.0. The van der Waals surface area contributed by atoms with Crippen LogP contribution in [0.5, 0.6) is 5.75 Å². The zero-order valence-corrected chi connectivity index (χ0v) is 16.8. The quantitative estimate of drug-likeness (QED) is 0.601. The molecule has 1 amide bonds. The van der Waals surface area contributed by atoms with Crippen LogP contribution in [0, 0.1) is 6.92 Å². The largest absolute Gasteiger partial charge is 0.573 e. The fourth-order valence-corrected chi connectivity index (χ4v) is 3.40. The first-order valence-electron chi connectivity index (χ1n) is 8.73. The Kier molecular flexibility index (Phi) is 5.75. The van der Waals surface area contributed by atoms with Gasteiger partial charge in [0.15, 0.2) is 0 Å². The molecule has 0 N–H and O–H groups in total. The number of likely N-dealkylation sites (N-methyl/N-ethyl adjacent to an activating group) is 1. The van der Waals surface area contributed by atoms with Gasteiger partial charge in [-0.3, -0.25) is 9.78 Å². The van der Waals surface area contributed by atoms with E-state index in [1.165, 1.54) is 11.0 Å². The highest BCUT2D eigenvalue weighted by atomic mass is 35.5. The van der Waals surface area contributed by atoms with E-state index in [1.54, 1.807) is 27.2 Å². The number of fused-ring (bicyclic) bond motifs is 1. The highest BCUT2D eigenvalue weighted by Gasteiger charge is 2.31. The van der Waals surface area contributed by atoms with E-state index in [0.29, 0.717) is 23.2 Å². The number of rotatable bonds is 5. The number of aryl methyl sites for hydroxylation is 1. The number of hydrogen-bond donors (Lipinski definition) is 0. The van der Waals surface area contributed by atoms with Crippen LogP contribution in [0.3, 0.4) is 0 Å². The first-order valence-corrected chi connectivity index (χ1v) is 9.10. The molecule has 1 aromatic carbocycles. The van der Waals surface area contributed by atoms with Gasteiger partial charge in [0.1, 0.15) is 12.3 Å². The van der Waals surface area contributed by atoms with Crippen molar-refractivity contribution in [1.82, 2.24) is 14.5 Å². The molecule has 3 aromatic rings. The van der Waals surface area contributed by atoms with Crippen molar-refractivity contribution < 1.29 is 22.7 Å². The van der Waals surface area contributed by atoms with Crippen LogP contribution in [0.25, 0.3) is 10.9 Å². The van der Waals surface area contributed by atoms with Crippen LogP contribution >= 0.6 is 11.6 Å². The fourth-order valence-electron chi connectivity index (χ4n) is 3.07. The Bertz CT molecular complexity index is 1040. The number of ether oxygens (including phenoxy) is 1. The van der Waals surface area contributed by atoms with E-state index in [4.69, 9.17) is 11.6 Å². The van der Waals surface area contributed by atoms with Crippen LogP contribution in [-0.2, 0) is 17.8 Å². The lowest BCUT2D eigenvalue weighted by molar-refractivity contribution is -0.274. The molecule has 0 aliphatic rings. The number of halogens is 4. The van der Waals surface area contributed by atoms with E-state index in [9.17, 15) is 18.0 Å². The monoisotopic (exact) mass is 425 g/mol. The van der Waals surface area contributed by atoms with E-state index in [1.807, 2.05) is 22.9 Å². The van der Waals surface area contributed by atoms with Crippen molar-refractivity contribution in [3.8, 4) is 5.75 Å². The number of carbonyl (C=O) groups is 1. The van der Waals surface area contributed by atoms with Gasteiger partial charge in [0.05, 0.1) is 11.2 Å². The summed E-state index contributed by atoms with van der Waals surface area (Å²) < 4.78 is 43.2. The summed E-state index contributed by atoms with van der Waals surface area (Å²) in [6.45, 7) is 1.87. The fraction of sp³-hybridized carbons (Fsp3) is 0.300. The van der Waals surface area contributed by atoms with Gasteiger partial charge in [0, 0.05) is 43.3 Å². The normalized spacial score (nSPS) is 11.7. The second kappa shape index (κ2) is 7.94. The molecule has 5 nitrogen and oxygen atoms in total. The Morgan fingerprint density at radius 3 is 2.62 bits per heavy atom. The molecule has 154 valence electrons. The second-order valence-electron chi connectivity index (χ2n) is 6.85. The van der Waals surface area contributed by atoms with Gasteiger partial charge in [-0.25, -0.2) is 0 Å². The summed E-state index contributed by atoms with van der Waals surface area (Å²) in [5, 5.41) is 1.02. The summed E-state index contributed by atoms with van der Waals surface area (Å²) in [6, 6.07) is 6.13. The standard InChI is InChI=1S/C20H19ClF3N3O2/c1-12-8-13(29-20(22,23)24)9-16(21)15(12)10-17-14-5-7-27(11-19(28)26(2)3)18(14)4-6-25-17/h4-9H,10-11H2,1-3H3. The lowest BCUT2D eigenvalue weighted by Crippen LogP contribution is -2.25. The molecule has 0 bridgehead atoms. The van der Waals surface area contributed by atoms with Gasteiger partial charge in [-0.15, -0.1) is 13.2 Å². The van der Waals surface area contributed by atoms with Gasteiger partial charge < -0.3 is 14.2 Å². The van der Waals surface area contributed by atoms with Gasteiger partial charge >= 0.3 is 6.36 Å². The molecule has 0 atom stereocenters. The highest BCUT2D eigenvalue weighted by Crippen LogP contribution is 2.32. The predicted octanol–water partition coefficient (Wildman–Crippen LogP) is 4.58. The van der Waals surface area contributed by atoms with E-state index in [0.717, 1.165) is 17.0 Å². The van der Waals surface area contributed by atoms with Gasteiger partial charge in [-0.05, 0) is 42.3 Å². The summed E-state index contributed by atoms with van der Waals surface area (Å²) in [5.41, 5.74) is 2.79. The number of aromatic nitrogens is 2. The molecular weight excluding hydrogens is 407 g/mol. The molecule has 0 spiro atoms. The van der Waals surface area contributed by atoms with E-state index >= 15 is 0 Å². The Morgan fingerprint density at radius 2 is 2.00 bits per heavy atom. The maximum absolute atomic E-state index is 12.5. The van der Waals surface area contributed by atoms with Gasteiger partial charge in [-0.2, -0.15) is 0 Å². The average Bonchev–Trinajstić information content (AvgIpc) is 3.00. The third kappa shape index (κ3) is 4.82. The van der Waals surface area contributed by atoms with Crippen LogP contribution in [0.1, 0.15) is 16.8 Å². The van der Waals surface area contributed by atoms with Crippen molar-refractivity contribution in [3.05, 3.63) is 58.5 Å². The summed E-state index contributed by atoms with van der Waals surface area (Å²) in [7, 11) is 3.38. The minimum atomic E-state index is -4.78. The Morgan fingerprint density at radius 1 is 1.28 bits per heavy atom. The number of hydrogen-bond acceptors (Lipinski definition) is 3. The van der Waals surface area contributed by atoms with Crippen molar-refractivity contribution in [2.24, 2.45) is 0 Å². The number of amides is 1. The summed E-state index contributed by atoms with van der Waals surface area (Å²) in [4.78, 5) is 18.0. The number of alkyl halides is 3. The smallest absolute Gasteiger partial charge is 0.406 e. The molecule has 0 unspecified atom stereocenters. The summed E-state index contributed by atoms with van der Waals surface area (Å²) in [6.07, 6.45) is -0.998. The van der Waals surface area contributed by atoms with Crippen molar-refractivity contribution in [3.63, 3.8) is 0 Å². The Hall–Kier alpha value is -2.74. The number of carbonyl (C=O) groups excluding carboxylic acids is 1. The SMILES string of the molecule is Cc1cc(OC(F)(F)F)cc(Cl)c1Cc1nccc2c1ccn2CC(=O)N(C)C. The van der Waals surface area contributed by atoms with E-state index in [2.05, 4.69) is 9.72 Å². The van der Waals surface area contributed by atoms with Gasteiger partial charge in [0.25, 0.3) is 0 Å². The molecular formula is C20H19ClF3N3O2. The second-order valence-corrected chi connectivity index (χ2v) is 7.25. The van der Waals surface area contributed by atoms with Crippen molar-refractivity contribution in [1.29, 1.82) is 0 Å². The van der Waals surface area contributed by atoms with Crippen molar-refractivity contribution >= 4 is 28.4 Å². The van der Waals surface area contributed by atoms with Gasteiger partial charge in [-0.1, -0.05) is 11.6 Å². The summed E-state index contributed by atoms with van der Waals surface area (Å²) in [5.74, 6) is -0.400. The number of benzene rings is 1. The first-order chi connectivity index (χ1) is 13.5. The molecule has 9 heteroatoms. The van der Waals surface area contributed by atoms with Crippen LogP contribution in [0.4, 0.5) is 13.2 Å². The molecule has 0 saturated carbocycles. The minimum absolute atomic E-state index is 0.0417. The Labute approximate surface area is 170 Å². The maximum atomic E-state index is 12.5. The zero-order chi connectivity index (χ0) is 21.3. The topological polar surface area (TPSA) is 47.4 Å². The minimum Gasteiger partial charge on any atom is -0.406 e. The summed E-state index contributed by atoms with van der Waals surface area (Å²) >= 11 is 6.24. The van der Waals surface area contributed by atoms with E-state index in [-0.39, 0.29) is 23.2 Å². The lowest BCUT2D eigenvalue weighted by Gasteiger charge is -2.14. The maximum Gasteiger partial charge on any atom is 0.573 e. The third-order valence-corrected chi connectivity index (χ3v) is 4.89. The average molecular weight is 426 g/mol. The lowest BCUT2D eigenvalue weighted by atomic mass is 10.0. The Balaban J connectivity index is 1.93. The zero-order valence-electron chi connectivity index (χ0n) is 16.0. The van der Waals surface area contributed by atoms with Gasteiger partial charge in [0.2, 0.25) is 5.91 Å². The van der Waals surface area contributed by atoms with Crippen molar-refractivity contribution in [2.75, 3.05) is 14.1 Å². The molecule has 29 heavy (non-hydrogen) atoms. The van der Waals surface area contributed by atoms with Crippen LogP contribution in [0.2, 0.25) is 5.02 Å². The van der Waals surface area contributed by atoms with E-state index < -0.39 is 6.36 Å². The molecule has 2 heterocycles. The molecule has 0 saturated heterocycles. The van der Waals surface area contributed by atoms with Crippen LogP contribution < -0.4 is 4.74 Å². The molecule has 0 aliphatic carbocycles. The third-order valence-electron chi connectivity index (χ3n) is 4.55. The molecule has 3 rings (SSSR count).